The molecule has 19 heavy (non-hydrogen) atoms. The van der Waals surface area contributed by atoms with Crippen LogP contribution in [0.5, 0.6) is 5.75 Å². The molecule has 0 saturated carbocycles. The maximum atomic E-state index is 11.7. The van der Waals surface area contributed by atoms with E-state index < -0.39 is 5.69 Å². The lowest BCUT2D eigenvalue weighted by Crippen LogP contribution is -2.31. The maximum Gasteiger partial charge on any atom is 0.328 e. The van der Waals surface area contributed by atoms with Gasteiger partial charge in [-0.25, -0.2) is 4.79 Å². The molecule has 0 fully saturated rings. The number of ether oxygens (including phenoxy) is 1. The van der Waals surface area contributed by atoms with Crippen molar-refractivity contribution >= 4 is 22.6 Å². The maximum absolute atomic E-state index is 11.7. The molecule has 0 radical (unpaired) electrons. The van der Waals surface area contributed by atoms with Crippen LogP contribution in [0, 0.1) is 10.5 Å². The van der Waals surface area contributed by atoms with Gasteiger partial charge in [-0.1, -0.05) is 17.7 Å². The van der Waals surface area contributed by atoms with Gasteiger partial charge in [0.25, 0.3) is 5.56 Å². The summed E-state index contributed by atoms with van der Waals surface area (Å²) in [5.41, 5.74) is 1.20. The monoisotopic (exact) mass is 372 g/mol. The minimum atomic E-state index is -0.422. The first-order valence-corrected chi connectivity index (χ1v) is 6.72. The quantitative estimate of drug-likeness (QED) is 0.831. The molecule has 1 aromatic carbocycles. The fourth-order valence-corrected chi connectivity index (χ4v) is 2.29. The molecule has 0 bridgehead atoms. The molecule has 0 atom stereocenters. The number of nitrogens with zero attached hydrogens (tertiary/aromatic N) is 1. The molecule has 0 saturated heterocycles. The summed E-state index contributed by atoms with van der Waals surface area (Å²) < 4.78 is 7.21. The van der Waals surface area contributed by atoms with Crippen molar-refractivity contribution in [2.45, 2.75) is 13.5 Å². The minimum absolute atomic E-state index is 0.358. The third kappa shape index (κ3) is 3.06. The van der Waals surface area contributed by atoms with Crippen molar-refractivity contribution in [2.24, 2.45) is 0 Å². The third-order valence-electron chi connectivity index (χ3n) is 2.74. The van der Waals surface area contributed by atoms with Crippen LogP contribution in [0.15, 0.2) is 34.0 Å². The van der Waals surface area contributed by atoms with E-state index >= 15 is 0 Å². The average molecular weight is 372 g/mol. The number of aromatic amines is 1. The first-order valence-electron chi connectivity index (χ1n) is 5.64. The summed E-state index contributed by atoms with van der Waals surface area (Å²) in [6, 6.07) is 5.78. The van der Waals surface area contributed by atoms with Gasteiger partial charge in [0.2, 0.25) is 0 Å². The summed E-state index contributed by atoms with van der Waals surface area (Å²) in [5.74, 6) is 0.721. The van der Waals surface area contributed by atoms with Crippen LogP contribution in [0.3, 0.4) is 0 Å². The Labute approximate surface area is 123 Å². The number of aromatic nitrogens is 2. The Morgan fingerprint density at radius 2 is 2.11 bits per heavy atom. The van der Waals surface area contributed by atoms with Gasteiger partial charge in [0, 0.05) is 11.8 Å². The second-order valence-electron chi connectivity index (χ2n) is 4.18. The highest BCUT2D eigenvalue weighted by Gasteiger charge is 2.07. The molecule has 1 aromatic heterocycles. The molecule has 100 valence electrons. The molecule has 1 N–H and O–H groups in total. The normalized spacial score (nSPS) is 10.5. The molecule has 2 aromatic rings. The largest absolute Gasteiger partial charge is 0.496 e. The number of nitrogens with one attached hydrogen (secondary N) is 1. The fraction of sp³-hybridized carbons (Fsp3) is 0.231. The number of hydrogen-bond acceptors (Lipinski definition) is 3. The smallest absolute Gasteiger partial charge is 0.328 e. The van der Waals surface area contributed by atoms with E-state index in [-0.39, 0.29) is 5.56 Å². The number of halogens is 1. The summed E-state index contributed by atoms with van der Waals surface area (Å²) >= 11 is 1.90. The topological polar surface area (TPSA) is 64.1 Å². The van der Waals surface area contributed by atoms with Gasteiger partial charge >= 0.3 is 5.69 Å². The van der Waals surface area contributed by atoms with E-state index in [2.05, 4.69) is 4.98 Å². The standard InChI is InChI=1S/C13H13IN2O3/c1-8-3-4-11(19-2)9(5-8)6-16-7-10(14)12(17)15-13(16)18/h3-5,7H,6H2,1-2H3,(H,15,17,18). The highest BCUT2D eigenvalue weighted by molar-refractivity contribution is 14.1. The number of aryl methyl sites for hydroxylation is 1. The average Bonchev–Trinajstić information content (AvgIpc) is 2.36. The molecule has 0 spiro atoms. The van der Waals surface area contributed by atoms with Gasteiger partial charge in [-0.15, -0.1) is 0 Å². The number of H-pyrrole nitrogens is 1. The van der Waals surface area contributed by atoms with Crippen LogP contribution >= 0.6 is 22.6 Å². The van der Waals surface area contributed by atoms with Crippen LogP contribution in [0.25, 0.3) is 0 Å². The lowest BCUT2D eigenvalue weighted by Gasteiger charge is -2.11. The third-order valence-corrected chi connectivity index (χ3v) is 3.51. The van der Waals surface area contributed by atoms with Crippen molar-refractivity contribution in [2.75, 3.05) is 7.11 Å². The molecule has 5 nitrogen and oxygen atoms in total. The zero-order valence-corrected chi connectivity index (χ0v) is 12.7. The lowest BCUT2D eigenvalue weighted by molar-refractivity contribution is 0.408. The Bertz CT molecular complexity index is 719. The Balaban J connectivity index is 2.47. The Hall–Kier alpha value is -1.57. The van der Waals surface area contributed by atoms with Gasteiger partial charge in [-0.2, -0.15) is 0 Å². The Morgan fingerprint density at radius 1 is 1.37 bits per heavy atom. The molecule has 2 rings (SSSR count). The van der Waals surface area contributed by atoms with E-state index in [1.54, 1.807) is 13.3 Å². The molecular formula is C13H13IN2O3. The first-order chi connectivity index (χ1) is 9.01. The fourth-order valence-electron chi connectivity index (χ4n) is 1.81. The Morgan fingerprint density at radius 3 is 2.79 bits per heavy atom. The lowest BCUT2D eigenvalue weighted by atomic mass is 10.1. The van der Waals surface area contributed by atoms with Gasteiger partial charge in [0.15, 0.2) is 0 Å². The molecule has 0 aliphatic rings. The van der Waals surface area contributed by atoms with Gasteiger partial charge < -0.3 is 4.74 Å². The van der Waals surface area contributed by atoms with E-state index in [9.17, 15) is 9.59 Å². The second kappa shape index (κ2) is 5.60. The van der Waals surface area contributed by atoms with E-state index in [4.69, 9.17) is 4.74 Å². The van der Waals surface area contributed by atoms with E-state index in [0.29, 0.717) is 10.1 Å². The number of rotatable bonds is 3. The van der Waals surface area contributed by atoms with Gasteiger partial charge in [-0.3, -0.25) is 14.3 Å². The van der Waals surface area contributed by atoms with Crippen molar-refractivity contribution < 1.29 is 4.74 Å². The highest BCUT2D eigenvalue weighted by atomic mass is 127. The van der Waals surface area contributed by atoms with Crippen molar-refractivity contribution in [3.05, 3.63) is 59.9 Å². The summed E-state index contributed by atoms with van der Waals surface area (Å²) in [5, 5.41) is 0. The zero-order valence-electron chi connectivity index (χ0n) is 10.6. The SMILES string of the molecule is COc1ccc(C)cc1Cn1cc(I)c(=O)[nH]c1=O. The molecule has 0 amide bonds. The zero-order chi connectivity index (χ0) is 14.0. The first kappa shape index (κ1) is 13.9. The van der Waals surface area contributed by atoms with Crippen LogP contribution in [-0.4, -0.2) is 16.7 Å². The van der Waals surface area contributed by atoms with Crippen LogP contribution in [-0.2, 0) is 6.54 Å². The summed E-state index contributed by atoms with van der Waals surface area (Å²) in [7, 11) is 1.59. The second-order valence-corrected chi connectivity index (χ2v) is 5.34. The van der Waals surface area contributed by atoms with Crippen LogP contribution < -0.4 is 16.0 Å². The Kier molecular flexibility index (Phi) is 4.08. The van der Waals surface area contributed by atoms with Crippen molar-refractivity contribution in [3.8, 4) is 5.75 Å². The molecule has 1 heterocycles. The highest BCUT2D eigenvalue weighted by Crippen LogP contribution is 2.20. The van der Waals surface area contributed by atoms with Gasteiger partial charge in [-0.05, 0) is 35.6 Å². The van der Waals surface area contributed by atoms with E-state index in [0.717, 1.165) is 16.9 Å². The van der Waals surface area contributed by atoms with E-state index in [1.165, 1.54) is 4.57 Å². The summed E-state index contributed by atoms with van der Waals surface area (Å²) in [4.78, 5) is 25.3. The number of benzene rings is 1. The summed E-state index contributed by atoms with van der Waals surface area (Å²) in [6.07, 6.45) is 1.55. The van der Waals surface area contributed by atoms with Gasteiger partial charge in [0.1, 0.15) is 5.75 Å². The van der Waals surface area contributed by atoms with Crippen LogP contribution in [0.1, 0.15) is 11.1 Å². The van der Waals surface area contributed by atoms with Gasteiger partial charge in [0.05, 0.1) is 17.2 Å². The number of hydrogen-bond donors (Lipinski definition) is 1. The minimum Gasteiger partial charge on any atom is -0.496 e. The number of methoxy groups -OCH3 is 1. The summed E-state index contributed by atoms with van der Waals surface area (Å²) in [6.45, 7) is 2.33. The molecule has 6 heteroatoms. The molecule has 0 aliphatic heterocycles. The van der Waals surface area contributed by atoms with Crippen molar-refractivity contribution in [3.63, 3.8) is 0 Å². The molecule has 0 aliphatic carbocycles. The van der Waals surface area contributed by atoms with Crippen LogP contribution in [0.4, 0.5) is 0 Å². The van der Waals surface area contributed by atoms with Crippen LogP contribution in [0.2, 0.25) is 0 Å². The van der Waals surface area contributed by atoms with Crippen molar-refractivity contribution in [1.82, 2.24) is 9.55 Å². The van der Waals surface area contributed by atoms with Crippen molar-refractivity contribution in [1.29, 1.82) is 0 Å². The predicted molar refractivity (Wildman–Crippen MR) is 80.9 cm³/mol. The van der Waals surface area contributed by atoms with E-state index in [1.807, 2.05) is 47.7 Å². The molecule has 0 unspecified atom stereocenters. The predicted octanol–water partition coefficient (Wildman–Crippen LogP) is 1.51. The molecular weight excluding hydrogens is 359 g/mol.